The van der Waals surface area contributed by atoms with E-state index in [1.165, 1.54) is 5.56 Å². The minimum Gasteiger partial charge on any atom is -0.324 e. The Labute approximate surface area is 97.9 Å². The molecule has 88 valence electrons. The molecule has 0 atom stereocenters. The lowest BCUT2D eigenvalue weighted by Crippen LogP contribution is -2.16. The Kier molecular flexibility index (Phi) is 4.25. The Morgan fingerprint density at radius 3 is 2.44 bits per heavy atom. The van der Waals surface area contributed by atoms with Crippen LogP contribution in [-0.4, -0.2) is 12.3 Å². The minimum atomic E-state index is 0.0907. The number of ketones is 1. The first kappa shape index (κ1) is 12.9. The first-order valence-electron chi connectivity index (χ1n) is 5.70. The van der Waals surface area contributed by atoms with E-state index in [0.717, 1.165) is 12.0 Å². The number of benzene rings is 1. The molecule has 2 heteroatoms. The van der Waals surface area contributed by atoms with Gasteiger partial charge in [-0.15, -0.1) is 0 Å². The molecule has 0 spiro atoms. The van der Waals surface area contributed by atoms with Gasteiger partial charge in [0.05, 0.1) is 6.54 Å². The predicted octanol–water partition coefficient (Wildman–Crippen LogP) is 2.35. The normalized spacial score (nSPS) is 11.5. The van der Waals surface area contributed by atoms with Gasteiger partial charge >= 0.3 is 0 Å². The smallest absolute Gasteiger partial charge is 0.150 e. The van der Waals surface area contributed by atoms with Crippen LogP contribution in [0.1, 0.15) is 31.9 Å². The fourth-order valence-corrected chi connectivity index (χ4v) is 1.76. The van der Waals surface area contributed by atoms with Gasteiger partial charge in [-0.3, -0.25) is 4.79 Å². The van der Waals surface area contributed by atoms with Crippen molar-refractivity contribution in [2.75, 3.05) is 6.54 Å². The molecule has 2 N–H and O–H groups in total. The number of carbonyl (C=O) groups excluding carboxylic acids is 1. The molecule has 0 aliphatic heterocycles. The number of carbonyl (C=O) groups is 1. The van der Waals surface area contributed by atoms with Crippen LogP contribution < -0.4 is 5.73 Å². The zero-order chi connectivity index (χ0) is 12.2. The van der Waals surface area contributed by atoms with E-state index in [2.05, 4.69) is 32.9 Å². The number of rotatable bonds is 4. The highest BCUT2D eigenvalue weighted by Gasteiger charge is 2.11. The summed E-state index contributed by atoms with van der Waals surface area (Å²) in [7, 11) is 0. The number of Topliss-reactive ketones (excluding diaryl/α,β-unsaturated/α-hetero) is 1. The fourth-order valence-electron chi connectivity index (χ4n) is 1.76. The van der Waals surface area contributed by atoms with Gasteiger partial charge in [-0.1, -0.05) is 45.0 Å². The minimum absolute atomic E-state index is 0.0907. The summed E-state index contributed by atoms with van der Waals surface area (Å²) in [6, 6.07) is 8.22. The maximum absolute atomic E-state index is 11.3. The highest BCUT2D eigenvalue weighted by atomic mass is 16.1. The molecule has 1 aromatic carbocycles. The number of hydrogen-bond donors (Lipinski definition) is 1. The Balaban J connectivity index is 2.75. The van der Waals surface area contributed by atoms with E-state index in [1.54, 1.807) is 0 Å². The first-order chi connectivity index (χ1) is 7.40. The molecule has 0 unspecified atom stereocenters. The molecule has 0 aliphatic carbocycles. The van der Waals surface area contributed by atoms with Gasteiger partial charge in [0.2, 0.25) is 0 Å². The summed E-state index contributed by atoms with van der Waals surface area (Å²) < 4.78 is 0. The zero-order valence-electron chi connectivity index (χ0n) is 10.4. The van der Waals surface area contributed by atoms with E-state index >= 15 is 0 Å². The molecule has 0 aliphatic rings. The topological polar surface area (TPSA) is 43.1 Å². The van der Waals surface area contributed by atoms with Crippen LogP contribution in [0.15, 0.2) is 24.3 Å². The van der Waals surface area contributed by atoms with Crippen LogP contribution in [-0.2, 0) is 17.6 Å². The van der Waals surface area contributed by atoms with Crippen molar-refractivity contribution in [3.8, 4) is 0 Å². The van der Waals surface area contributed by atoms with Gasteiger partial charge in [-0.25, -0.2) is 0 Å². The lowest BCUT2D eigenvalue weighted by Gasteiger charge is -2.18. The van der Waals surface area contributed by atoms with E-state index < -0.39 is 0 Å². The molecule has 0 heterocycles. The largest absolute Gasteiger partial charge is 0.324 e. The molecule has 0 amide bonds. The molecule has 0 radical (unpaired) electrons. The molecule has 16 heavy (non-hydrogen) atoms. The molecule has 0 bridgehead atoms. The Hall–Kier alpha value is -1.15. The third kappa shape index (κ3) is 4.58. The van der Waals surface area contributed by atoms with E-state index in [0.29, 0.717) is 6.42 Å². The monoisotopic (exact) mass is 219 g/mol. The van der Waals surface area contributed by atoms with Crippen LogP contribution in [0.25, 0.3) is 0 Å². The van der Waals surface area contributed by atoms with Crippen molar-refractivity contribution < 1.29 is 4.79 Å². The summed E-state index contributed by atoms with van der Waals surface area (Å²) >= 11 is 0. The first-order valence-corrected chi connectivity index (χ1v) is 5.70. The van der Waals surface area contributed by atoms with Gasteiger partial charge in [-0.2, -0.15) is 0 Å². The van der Waals surface area contributed by atoms with Crippen molar-refractivity contribution in [2.24, 2.45) is 11.1 Å². The Morgan fingerprint density at radius 2 is 1.88 bits per heavy atom. The molecule has 1 aromatic rings. The van der Waals surface area contributed by atoms with Crippen LogP contribution in [0.5, 0.6) is 0 Å². The summed E-state index contributed by atoms with van der Waals surface area (Å²) in [6.45, 7) is 6.77. The molecule has 1 rings (SSSR count). The summed E-state index contributed by atoms with van der Waals surface area (Å²) in [5.74, 6) is 0.0907. The summed E-state index contributed by atoms with van der Waals surface area (Å²) in [6.07, 6.45) is 1.48. The fraction of sp³-hybridized carbons (Fsp3) is 0.500. The quantitative estimate of drug-likeness (QED) is 0.844. The molecule has 0 saturated carbocycles. The van der Waals surface area contributed by atoms with Crippen molar-refractivity contribution in [3.63, 3.8) is 0 Å². The third-order valence-electron chi connectivity index (χ3n) is 2.35. The van der Waals surface area contributed by atoms with Crippen molar-refractivity contribution in [2.45, 2.75) is 33.6 Å². The van der Waals surface area contributed by atoms with Gasteiger partial charge in [0.25, 0.3) is 0 Å². The molecular formula is C14H21NO. The standard InChI is InChI=1S/C14H21NO/c1-14(2,3)9-12-6-4-5-11(7-12)8-13(16)10-15/h4-7H,8-10,15H2,1-3H3. The summed E-state index contributed by atoms with van der Waals surface area (Å²) in [5.41, 5.74) is 7.94. The number of nitrogens with two attached hydrogens (primary N) is 1. The van der Waals surface area contributed by atoms with Crippen molar-refractivity contribution in [1.29, 1.82) is 0 Å². The van der Waals surface area contributed by atoms with E-state index in [4.69, 9.17) is 5.73 Å². The van der Waals surface area contributed by atoms with Crippen LogP contribution in [0.2, 0.25) is 0 Å². The maximum Gasteiger partial charge on any atom is 0.150 e. The van der Waals surface area contributed by atoms with Gasteiger partial charge in [0.1, 0.15) is 0 Å². The summed E-state index contributed by atoms with van der Waals surface area (Å²) in [4.78, 5) is 11.3. The second kappa shape index (κ2) is 5.26. The van der Waals surface area contributed by atoms with Crippen molar-refractivity contribution >= 4 is 5.78 Å². The Morgan fingerprint density at radius 1 is 1.25 bits per heavy atom. The molecular weight excluding hydrogens is 198 g/mol. The lowest BCUT2D eigenvalue weighted by atomic mass is 9.87. The second-order valence-electron chi connectivity index (χ2n) is 5.48. The molecule has 0 aromatic heterocycles. The average Bonchev–Trinajstić information content (AvgIpc) is 2.15. The number of hydrogen-bond acceptors (Lipinski definition) is 2. The highest BCUT2D eigenvalue weighted by molar-refractivity contribution is 5.82. The van der Waals surface area contributed by atoms with Crippen LogP contribution >= 0.6 is 0 Å². The van der Waals surface area contributed by atoms with Crippen molar-refractivity contribution in [1.82, 2.24) is 0 Å². The lowest BCUT2D eigenvalue weighted by molar-refractivity contribution is -0.117. The average molecular weight is 219 g/mol. The van der Waals surface area contributed by atoms with Crippen LogP contribution in [0, 0.1) is 5.41 Å². The van der Waals surface area contributed by atoms with E-state index in [1.807, 2.05) is 12.1 Å². The van der Waals surface area contributed by atoms with Gasteiger partial charge in [-0.05, 0) is 23.0 Å². The van der Waals surface area contributed by atoms with Crippen LogP contribution in [0.3, 0.4) is 0 Å². The predicted molar refractivity (Wildman–Crippen MR) is 67.4 cm³/mol. The maximum atomic E-state index is 11.3. The highest BCUT2D eigenvalue weighted by Crippen LogP contribution is 2.21. The van der Waals surface area contributed by atoms with Crippen LogP contribution in [0.4, 0.5) is 0 Å². The Bertz CT molecular complexity index is 363. The van der Waals surface area contributed by atoms with E-state index in [-0.39, 0.29) is 17.7 Å². The van der Waals surface area contributed by atoms with Gasteiger partial charge < -0.3 is 5.73 Å². The molecule has 0 saturated heterocycles. The second-order valence-corrected chi connectivity index (χ2v) is 5.48. The van der Waals surface area contributed by atoms with Gasteiger partial charge in [0, 0.05) is 6.42 Å². The SMILES string of the molecule is CC(C)(C)Cc1cccc(CC(=O)CN)c1. The van der Waals surface area contributed by atoms with Crippen molar-refractivity contribution in [3.05, 3.63) is 35.4 Å². The molecule has 0 fully saturated rings. The van der Waals surface area contributed by atoms with Gasteiger partial charge in [0.15, 0.2) is 5.78 Å². The molecule has 2 nitrogen and oxygen atoms in total. The van der Waals surface area contributed by atoms with E-state index in [9.17, 15) is 4.79 Å². The summed E-state index contributed by atoms with van der Waals surface area (Å²) in [5, 5.41) is 0. The zero-order valence-corrected chi connectivity index (χ0v) is 10.4. The third-order valence-corrected chi connectivity index (χ3v) is 2.35.